The summed E-state index contributed by atoms with van der Waals surface area (Å²) < 4.78 is 32.6. The minimum atomic E-state index is -4.64. The fraction of sp³-hybridized carbons (Fsp3) is 0.609. The van der Waals surface area contributed by atoms with Gasteiger partial charge in [-0.2, -0.15) is 0 Å². The summed E-state index contributed by atoms with van der Waals surface area (Å²) in [5.41, 5.74) is 0. The zero-order valence-electron chi connectivity index (χ0n) is 35.0. The van der Waals surface area contributed by atoms with Crippen molar-refractivity contribution in [2.45, 2.75) is 154 Å². The summed E-state index contributed by atoms with van der Waals surface area (Å²) in [6, 6.07) is 0. The summed E-state index contributed by atoms with van der Waals surface area (Å²) in [4.78, 5) is 34.9. The maximum absolute atomic E-state index is 12.6. The van der Waals surface area contributed by atoms with Gasteiger partial charge in [0.25, 0.3) is 0 Å². The number of phosphoric ester groups is 1. The first-order valence-corrected chi connectivity index (χ1v) is 22.7. The number of ether oxygens (including phenoxy) is 2. The molecular formula is C46H75O10P. The molecule has 0 aromatic carbocycles. The average molecular weight is 819 g/mol. The first-order chi connectivity index (χ1) is 27.7. The number of hydrogen-bond donors (Lipinski definition) is 3. The van der Waals surface area contributed by atoms with Gasteiger partial charge in [-0.3, -0.25) is 18.6 Å². The zero-order chi connectivity index (χ0) is 41.9. The molecule has 0 heterocycles. The van der Waals surface area contributed by atoms with Crippen LogP contribution < -0.4 is 0 Å². The average Bonchev–Trinajstić information content (AvgIpc) is 3.20. The highest BCUT2D eigenvalue weighted by Gasteiger charge is 2.27. The van der Waals surface area contributed by atoms with E-state index in [9.17, 15) is 24.2 Å². The number of esters is 2. The van der Waals surface area contributed by atoms with Crippen LogP contribution in [0, 0.1) is 0 Å². The van der Waals surface area contributed by atoms with Crippen molar-refractivity contribution in [3.8, 4) is 0 Å². The Morgan fingerprint density at radius 3 is 1.46 bits per heavy atom. The number of rotatable bonds is 38. The molecule has 10 nitrogen and oxygen atoms in total. The van der Waals surface area contributed by atoms with Crippen molar-refractivity contribution in [3.05, 3.63) is 97.2 Å². The van der Waals surface area contributed by atoms with Crippen molar-refractivity contribution in [2.75, 3.05) is 26.4 Å². The molecule has 11 heteroatoms. The molecule has 0 aliphatic heterocycles. The molecule has 3 N–H and O–H groups in total. The monoisotopic (exact) mass is 819 g/mol. The minimum absolute atomic E-state index is 0.131. The van der Waals surface area contributed by atoms with Crippen LogP contribution in [0.15, 0.2) is 97.2 Å². The summed E-state index contributed by atoms with van der Waals surface area (Å²) in [6.07, 6.45) is 49.5. The Labute approximate surface area is 344 Å². The van der Waals surface area contributed by atoms with Gasteiger partial charge >= 0.3 is 19.8 Å². The number of carbonyl (C=O) groups is 2. The van der Waals surface area contributed by atoms with Gasteiger partial charge in [0.1, 0.15) is 12.7 Å². The molecule has 0 aromatic rings. The van der Waals surface area contributed by atoms with Gasteiger partial charge in [-0.15, -0.1) is 0 Å². The van der Waals surface area contributed by atoms with Gasteiger partial charge in [0.15, 0.2) is 6.10 Å². The van der Waals surface area contributed by atoms with Crippen LogP contribution in [0.5, 0.6) is 0 Å². The van der Waals surface area contributed by atoms with Gasteiger partial charge < -0.3 is 24.6 Å². The van der Waals surface area contributed by atoms with Gasteiger partial charge in [0.2, 0.25) is 0 Å². The van der Waals surface area contributed by atoms with E-state index in [-0.39, 0.29) is 19.4 Å². The van der Waals surface area contributed by atoms with Crippen LogP contribution in [0.3, 0.4) is 0 Å². The lowest BCUT2D eigenvalue weighted by molar-refractivity contribution is -0.161. The topological polar surface area (TPSA) is 149 Å². The van der Waals surface area contributed by atoms with E-state index in [0.29, 0.717) is 12.8 Å². The van der Waals surface area contributed by atoms with Crippen LogP contribution in [0.25, 0.3) is 0 Å². The summed E-state index contributed by atoms with van der Waals surface area (Å²) in [5.74, 6) is -1.02. The molecule has 57 heavy (non-hydrogen) atoms. The molecule has 0 amide bonds. The van der Waals surface area contributed by atoms with Crippen molar-refractivity contribution >= 4 is 19.8 Å². The largest absolute Gasteiger partial charge is 0.472 e. The lowest BCUT2D eigenvalue weighted by Gasteiger charge is -2.20. The normalized spacial score (nSPS) is 14.8. The van der Waals surface area contributed by atoms with E-state index in [1.165, 1.54) is 25.7 Å². The molecule has 0 bridgehead atoms. The van der Waals surface area contributed by atoms with E-state index in [4.69, 9.17) is 19.1 Å². The second kappa shape index (κ2) is 41.1. The van der Waals surface area contributed by atoms with Gasteiger partial charge in [0.05, 0.1) is 19.8 Å². The second-order valence-electron chi connectivity index (χ2n) is 13.6. The third kappa shape index (κ3) is 40.9. The van der Waals surface area contributed by atoms with Gasteiger partial charge in [0, 0.05) is 12.8 Å². The van der Waals surface area contributed by atoms with E-state index in [0.717, 1.165) is 77.0 Å². The van der Waals surface area contributed by atoms with E-state index in [2.05, 4.69) is 116 Å². The number of aliphatic hydroxyl groups is 2. The molecule has 0 saturated heterocycles. The van der Waals surface area contributed by atoms with Crippen LogP contribution in [-0.2, 0) is 32.7 Å². The zero-order valence-corrected chi connectivity index (χ0v) is 35.9. The fourth-order valence-corrected chi connectivity index (χ4v) is 5.75. The van der Waals surface area contributed by atoms with Crippen molar-refractivity contribution < 1.29 is 47.8 Å². The molecule has 0 fully saturated rings. The SMILES string of the molecule is CC/C=C\C/C=C\C/C=C\C/C=C\CCCCC(=O)OC[C@H](COP(=O)(O)OC[C@@H](O)CO)OC(=O)CCCCC/C=C\C/C=C\C/C=C\C/C=C\CCCCC. The van der Waals surface area contributed by atoms with Crippen molar-refractivity contribution in [3.63, 3.8) is 0 Å². The highest BCUT2D eigenvalue weighted by Crippen LogP contribution is 2.43. The van der Waals surface area contributed by atoms with E-state index in [1.54, 1.807) is 0 Å². The molecule has 0 radical (unpaired) electrons. The van der Waals surface area contributed by atoms with Crippen LogP contribution in [0.2, 0.25) is 0 Å². The highest BCUT2D eigenvalue weighted by molar-refractivity contribution is 7.47. The Hall–Kier alpha value is -3.11. The van der Waals surface area contributed by atoms with Gasteiger partial charge in [-0.25, -0.2) is 4.57 Å². The lowest BCUT2D eigenvalue weighted by atomic mass is 10.1. The predicted molar refractivity (Wildman–Crippen MR) is 232 cm³/mol. The Morgan fingerprint density at radius 2 is 0.965 bits per heavy atom. The van der Waals surface area contributed by atoms with Crippen molar-refractivity contribution in [1.82, 2.24) is 0 Å². The van der Waals surface area contributed by atoms with E-state index >= 15 is 0 Å². The standard InChI is InChI=1S/C46H75O10P/c1-3-5-7-9-11-13-15-17-19-20-21-22-24-26-28-30-32-34-36-38-46(50)56-44(42-55-57(51,52)54-40-43(48)39-47)41-53-45(49)37-35-33-31-29-27-25-23-18-16-14-12-10-8-6-4-2/h6,8,11-14,17-19,21-23,26-29,43-44,47-48H,3-5,7,9-10,15-16,20,24-25,30-42H2,1-2H3,(H,51,52)/b8-6-,13-11-,14-12-,19-17-,22-21-,23-18-,28-26-,29-27-/t43-,44+/m0/s1. The van der Waals surface area contributed by atoms with Crippen LogP contribution in [0.1, 0.15) is 142 Å². The summed E-state index contributed by atoms with van der Waals surface area (Å²) in [5, 5.41) is 18.3. The maximum atomic E-state index is 12.6. The number of hydrogen-bond acceptors (Lipinski definition) is 9. The third-order valence-electron chi connectivity index (χ3n) is 8.22. The summed E-state index contributed by atoms with van der Waals surface area (Å²) in [7, 11) is -4.64. The lowest BCUT2D eigenvalue weighted by Crippen LogP contribution is -2.29. The minimum Gasteiger partial charge on any atom is -0.462 e. The first-order valence-electron chi connectivity index (χ1n) is 21.2. The third-order valence-corrected chi connectivity index (χ3v) is 9.17. The Morgan fingerprint density at radius 1 is 0.544 bits per heavy atom. The molecule has 0 saturated carbocycles. The smallest absolute Gasteiger partial charge is 0.462 e. The maximum Gasteiger partial charge on any atom is 0.472 e. The van der Waals surface area contributed by atoms with Crippen LogP contribution in [0.4, 0.5) is 0 Å². The van der Waals surface area contributed by atoms with Crippen LogP contribution >= 0.6 is 7.82 Å². The molecule has 0 aromatic heterocycles. The van der Waals surface area contributed by atoms with E-state index in [1.807, 2.05) is 0 Å². The fourth-order valence-electron chi connectivity index (χ4n) is 4.96. The summed E-state index contributed by atoms with van der Waals surface area (Å²) >= 11 is 0. The quantitative estimate of drug-likeness (QED) is 0.0238. The van der Waals surface area contributed by atoms with Crippen molar-refractivity contribution in [1.29, 1.82) is 0 Å². The van der Waals surface area contributed by atoms with Gasteiger partial charge in [-0.1, -0.05) is 130 Å². The van der Waals surface area contributed by atoms with E-state index < -0.39 is 51.8 Å². The molecule has 1 unspecified atom stereocenters. The molecule has 324 valence electrons. The van der Waals surface area contributed by atoms with Crippen molar-refractivity contribution in [2.24, 2.45) is 0 Å². The highest BCUT2D eigenvalue weighted by atomic mass is 31.2. The molecular weight excluding hydrogens is 743 g/mol. The van der Waals surface area contributed by atoms with Gasteiger partial charge in [-0.05, 0) is 96.3 Å². The Kier molecular flexibility index (Phi) is 38.8. The molecule has 0 spiro atoms. The molecule has 0 aliphatic carbocycles. The Balaban J connectivity index is 4.47. The number of phosphoric acid groups is 1. The number of allylic oxidation sites excluding steroid dienone is 16. The molecule has 0 aliphatic rings. The molecule has 3 atom stereocenters. The Bertz CT molecular complexity index is 1260. The number of unbranched alkanes of at least 4 members (excludes halogenated alkanes) is 8. The second-order valence-corrected chi connectivity index (χ2v) is 15.1. The van der Waals surface area contributed by atoms with Crippen LogP contribution in [-0.4, -0.2) is 65.7 Å². The summed E-state index contributed by atoms with van der Waals surface area (Å²) in [6.45, 7) is 2.12. The number of aliphatic hydroxyl groups excluding tert-OH is 2. The molecule has 0 rings (SSSR count). The number of carbonyl (C=O) groups excluding carboxylic acids is 2. The predicted octanol–water partition coefficient (Wildman–Crippen LogP) is 11.2. The first kappa shape index (κ1) is 53.9.